The molecule has 4 heteroatoms. The maximum absolute atomic E-state index is 10.2. The topological polar surface area (TPSA) is 75.3 Å². The van der Waals surface area contributed by atoms with Crippen molar-refractivity contribution in [1.82, 2.24) is 5.32 Å². The van der Waals surface area contributed by atoms with Gasteiger partial charge >= 0.3 is 0 Å². The molecule has 0 rings (SSSR count). The third-order valence-corrected chi connectivity index (χ3v) is 1.22. The molecule has 9 heavy (non-hydrogen) atoms. The van der Waals surface area contributed by atoms with Crippen molar-refractivity contribution < 1.29 is 9.90 Å². The van der Waals surface area contributed by atoms with E-state index in [-0.39, 0.29) is 6.04 Å². The average Bonchev–Trinajstić information content (AvgIpc) is 1.84. The van der Waals surface area contributed by atoms with Gasteiger partial charge in [0.1, 0.15) is 6.10 Å². The average molecular weight is 132 g/mol. The molecule has 0 saturated heterocycles. The van der Waals surface area contributed by atoms with Gasteiger partial charge in [-0.2, -0.15) is 0 Å². The number of nitrogens with two attached hydrogens (primary N) is 1. The Bertz CT molecular complexity index is 105. The van der Waals surface area contributed by atoms with Crippen molar-refractivity contribution in [2.24, 2.45) is 5.73 Å². The predicted molar refractivity (Wildman–Crippen MR) is 33.7 cm³/mol. The van der Waals surface area contributed by atoms with Crippen LogP contribution in [0.3, 0.4) is 0 Å². The quantitative estimate of drug-likeness (QED) is 0.434. The lowest BCUT2D eigenvalue weighted by Crippen LogP contribution is -2.43. The van der Waals surface area contributed by atoms with Gasteiger partial charge in [-0.25, -0.2) is 0 Å². The van der Waals surface area contributed by atoms with E-state index in [9.17, 15) is 4.79 Å². The van der Waals surface area contributed by atoms with Crippen molar-refractivity contribution in [3.63, 3.8) is 0 Å². The monoisotopic (exact) mass is 132 g/mol. The molecule has 0 aromatic rings. The normalized spacial score (nSPS) is 16.8. The minimum Gasteiger partial charge on any atom is -0.382 e. The number of rotatable bonds is 3. The second-order valence-electron chi connectivity index (χ2n) is 1.92. The van der Waals surface area contributed by atoms with E-state index >= 15 is 0 Å². The number of hydrogen-bond acceptors (Lipinski definition) is 3. The van der Waals surface area contributed by atoms with E-state index in [2.05, 4.69) is 5.32 Å². The molecule has 1 amide bonds. The summed E-state index contributed by atoms with van der Waals surface area (Å²) in [6.07, 6.45) is -1.09. The van der Waals surface area contributed by atoms with Crippen LogP contribution < -0.4 is 11.1 Å². The third-order valence-electron chi connectivity index (χ3n) is 1.22. The summed E-state index contributed by atoms with van der Waals surface area (Å²) in [5, 5.41) is 11.6. The molecule has 4 N–H and O–H groups in total. The highest BCUT2D eigenvalue weighted by Gasteiger charge is 2.16. The Morgan fingerprint density at radius 2 is 2.22 bits per heavy atom. The van der Waals surface area contributed by atoms with Crippen LogP contribution in [0.15, 0.2) is 0 Å². The highest BCUT2D eigenvalue weighted by molar-refractivity contribution is 5.79. The van der Waals surface area contributed by atoms with E-state index in [0.717, 1.165) is 0 Å². The largest absolute Gasteiger partial charge is 0.382 e. The van der Waals surface area contributed by atoms with Crippen molar-refractivity contribution in [2.75, 3.05) is 7.05 Å². The molecule has 0 radical (unpaired) electrons. The van der Waals surface area contributed by atoms with E-state index in [1.807, 2.05) is 0 Å². The molecule has 0 bridgehead atoms. The number of nitrogens with one attached hydrogen (secondary N) is 1. The maximum Gasteiger partial charge on any atom is 0.247 e. The summed E-state index contributed by atoms with van der Waals surface area (Å²) in [7, 11) is 1.65. The van der Waals surface area contributed by atoms with Gasteiger partial charge in [-0.15, -0.1) is 0 Å². The number of likely N-dealkylation sites (N-methyl/N-ethyl adjacent to an activating group) is 1. The first-order valence-corrected chi connectivity index (χ1v) is 2.74. The van der Waals surface area contributed by atoms with Gasteiger partial charge in [0.05, 0.1) is 0 Å². The molecule has 0 aliphatic heterocycles. The fourth-order valence-electron chi connectivity index (χ4n) is 0.404. The standard InChI is InChI=1S/C5H12N2O2/c1-3(7-2)4(8)5(6)9/h3-4,7-8H,1-2H3,(H2,6,9)/t3-,4+/m0/s1. The number of amides is 1. The first kappa shape index (κ1) is 8.39. The number of aliphatic hydroxyl groups excluding tert-OH is 1. The SMILES string of the molecule is CN[C@@H](C)[C@@H](O)C(N)=O. The molecule has 2 atom stereocenters. The van der Waals surface area contributed by atoms with Crippen molar-refractivity contribution >= 4 is 5.91 Å². The van der Waals surface area contributed by atoms with Crippen molar-refractivity contribution in [3.8, 4) is 0 Å². The molecule has 0 aromatic heterocycles. The number of aliphatic hydroxyl groups is 1. The van der Waals surface area contributed by atoms with Gasteiger partial charge in [0.15, 0.2) is 0 Å². The Morgan fingerprint density at radius 3 is 2.33 bits per heavy atom. The van der Waals surface area contributed by atoms with Crippen LogP contribution in [-0.2, 0) is 4.79 Å². The van der Waals surface area contributed by atoms with Gasteiger partial charge in [-0.05, 0) is 14.0 Å². The van der Waals surface area contributed by atoms with Gasteiger partial charge in [0.25, 0.3) is 0 Å². The van der Waals surface area contributed by atoms with E-state index in [0.29, 0.717) is 0 Å². The first-order chi connectivity index (χ1) is 4.09. The molecule has 0 heterocycles. The van der Waals surface area contributed by atoms with Crippen molar-refractivity contribution in [1.29, 1.82) is 0 Å². The number of carbonyl (C=O) groups is 1. The van der Waals surface area contributed by atoms with Crippen LogP contribution in [0.25, 0.3) is 0 Å². The molecule has 0 aliphatic carbocycles. The molecule has 4 nitrogen and oxygen atoms in total. The molecule has 0 saturated carbocycles. The Labute approximate surface area is 54.0 Å². The molecule has 0 aromatic carbocycles. The van der Waals surface area contributed by atoms with Crippen LogP contribution in [0.5, 0.6) is 0 Å². The smallest absolute Gasteiger partial charge is 0.247 e. The Morgan fingerprint density at radius 1 is 1.78 bits per heavy atom. The van der Waals surface area contributed by atoms with Gasteiger partial charge in [0, 0.05) is 6.04 Å². The maximum atomic E-state index is 10.2. The van der Waals surface area contributed by atoms with E-state index < -0.39 is 12.0 Å². The molecule has 54 valence electrons. The number of primary amides is 1. The Balaban J connectivity index is 3.72. The van der Waals surface area contributed by atoms with Crippen LogP contribution >= 0.6 is 0 Å². The van der Waals surface area contributed by atoms with Crippen LogP contribution in [0.4, 0.5) is 0 Å². The zero-order valence-electron chi connectivity index (χ0n) is 5.59. The second kappa shape index (κ2) is 3.42. The van der Waals surface area contributed by atoms with Crippen LogP contribution in [0.2, 0.25) is 0 Å². The zero-order valence-corrected chi connectivity index (χ0v) is 5.59. The highest BCUT2D eigenvalue weighted by Crippen LogP contribution is 1.88. The van der Waals surface area contributed by atoms with Gasteiger partial charge < -0.3 is 16.2 Å². The third kappa shape index (κ3) is 2.43. The van der Waals surface area contributed by atoms with Gasteiger partial charge in [0.2, 0.25) is 5.91 Å². The van der Waals surface area contributed by atoms with E-state index in [1.165, 1.54) is 0 Å². The van der Waals surface area contributed by atoms with Crippen molar-refractivity contribution in [3.05, 3.63) is 0 Å². The van der Waals surface area contributed by atoms with E-state index in [4.69, 9.17) is 10.8 Å². The van der Waals surface area contributed by atoms with E-state index in [1.54, 1.807) is 14.0 Å². The molecule has 0 aliphatic rings. The molecular weight excluding hydrogens is 120 g/mol. The lowest BCUT2D eigenvalue weighted by molar-refractivity contribution is -0.127. The highest BCUT2D eigenvalue weighted by atomic mass is 16.3. The number of hydrogen-bond donors (Lipinski definition) is 3. The summed E-state index contributed by atoms with van der Waals surface area (Å²) in [6.45, 7) is 1.68. The summed E-state index contributed by atoms with van der Waals surface area (Å²) in [6, 6.07) is -0.275. The minimum absolute atomic E-state index is 0.275. The Hall–Kier alpha value is -0.610. The number of carbonyl (C=O) groups excluding carboxylic acids is 1. The fraction of sp³-hybridized carbons (Fsp3) is 0.800. The summed E-state index contributed by atoms with van der Waals surface area (Å²) in [4.78, 5) is 10.2. The summed E-state index contributed by atoms with van der Waals surface area (Å²) >= 11 is 0. The Kier molecular flexibility index (Phi) is 3.19. The summed E-state index contributed by atoms with van der Waals surface area (Å²) < 4.78 is 0. The van der Waals surface area contributed by atoms with Crippen LogP contribution in [0, 0.1) is 0 Å². The fourth-order valence-corrected chi connectivity index (χ4v) is 0.404. The second-order valence-corrected chi connectivity index (χ2v) is 1.92. The molecule has 0 fully saturated rings. The van der Waals surface area contributed by atoms with Gasteiger partial charge in [-0.1, -0.05) is 0 Å². The predicted octanol–water partition coefficient (Wildman–Crippen LogP) is -1.56. The summed E-state index contributed by atoms with van der Waals surface area (Å²) in [5.41, 5.74) is 4.78. The lowest BCUT2D eigenvalue weighted by atomic mass is 10.2. The molecule has 0 unspecified atom stereocenters. The van der Waals surface area contributed by atoms with Crippen molar-refractivity contribution in [2.45, 2.75) is 19.1 Å². The zero-order chi connectivity index (χ0) is 7.44. The van der Waals surface area contributed by atoms with Crippen LogP contribution in [0.1, 0.15) is 6.92 Å². The first-order valence-electron chi connectivity index (χ1n) is 2.74. The molecule has 0 spiro atoms. The summed E-state index contributed by atoms with van der Waals surface area (Å²) in [5.74, 6) is -0.697. The minimum atomic E-state index is -1.09. The molecular formula is C5H12N2O2. The van der Waals surface area contributed by atoms with Crippen LogP contribution in [-0.4, -0.2) is 30.2 Å². The lowest BCUT2D eigenvalue weighted by Gasteiger charge is -2.13. The van der Waals surface area contributed by atoms with Gasteiger partial charge in [-0.3, -0.25) is 4.79 Å².